The number of hydrogen-bond donors (Lipinski definition) is 2. The summed E-state index contributed by atoms with van der Waals surface area (Å²) in [4.78, 5) is 41.1. The number of nitrogens with one attached hydrogen (secondary N) is 2. The number of carbonyl (C=O) groups excluding carboxylic acids is 3. The van der Waals surface area contributed by atoms with E-state index in [0.29, 0.717) is 0 Å². The summed E-state index contributed by atoms with van der Waals surface area (Å²) < 4.78 is 1.07. The second-order valence-electron chi connectivity index (χ2n) is 5.42. The van der Waals surface area contributed by atoms with E-state index in [-0.39, 0.29) is 18.4 Å². The Morgan fingerprint density at radius 2 is 2.13 bits per heavy atom. The number of carbonyl (C=O) groups is 3. The van der Waals surface area contributed by atoms with Gasteiger partial charge in [0.15, 0.2) is 0 Å². The van der Waals surface area contributed by atoms with E-state index in [2.05, 4.69) is 15.6 Å². The Kier molecular flexibility index (Phi) is 3.99. The van der Waals surface area contributed by atoms with Crippen molar-refractivity contribution >= 4 is 39.4 Å². The van der Waals surface area contributed by atoms with E-state index in [1.54, 1.807) is 23.3 Å². The highest BCUT2D eigenvalue weighted by atomic mass is 32.1. The van der Waals surface area contributed by atoms with Crippen LogP contribution in [-0.2, 0) is 9.59 Å². The van der Waals surface area contributed by atoms with Crippen molar-refractivity contribution in [3.05, 3.63) is 29.3 Å². The summed E-state index contributed by atoms with van der Waals surface area (Å²) in [5.74, 6) is -0.691. The fourth-order valence-electron chi connectivity index (χ4n) is 2.37. The summed E-state index contributed by atoms with van der Waals surface area (Å²) in [6, 6.07) is 6.22. The van der Waals surface area contributed by atoms with Crippen LogP contribution in [0.3, 0.4) is 0 Å². The maximum Gasteiger partial charge on any atom is 0.322 e. The predicted octanol–water partition coefficient (Wildman–Crippen LogP) is 1.41. The molecule has 0 bridgehead atoms. The minimum atomic E-state index is -0.806. The van der Waals surface area contributed by atoms with Crippen molar-refractivity contribution in [1.29, 1.82) is 0 Å². The van der Waals surface area contributed by atoms with Crippen molar-refractivity contribution in [2.24, 2.45) is 0 Å². The van der Waals surface area contributed by atoms with Crippen molar-refractivity contribution in [1.82, 2.24) is 20.5 Å². The maximum absolute atomic E-state index is 12.4. The van der Waals surface area contributed by atoms with Gasteiger partial charge in [0.1, 0.15) is 11.0 Å². The molecule has 1 aliphatic rings. The first-order valence-corrected chi connectivity index (χ1v) is 8.00. The van der Waals surface area contributed by atoms with E-state index in [9.17, 15) is 14.4 Å². The Bertz CT molecular complexity index is 755. The highest BCUT2D eigenvalue weighted by Crippen LogP contribution is 2.29. The number of benzene rings is 1. The second-order valence-corrected chi connectivity index (χ2v) is 6.48. The molecule has 2 atom stereocenters. The molecule has 2 heterocycles. The Balaban J connectivity index is 1.71. The number of thiazole rings is 1. The van der Waals surface area contributed by atoms with E-state index in [0.717, 1.165) is 15.2 Å². The average molecular weight is 332 g/mol. The third kappa shape index (κ3) is 3.02. The summed E-state index contributed by atoms with van der Waals surface area (Å²) in [5.41, 5.74) is 0.905. The number of imide groups is 1. The molecular weight excluding hydrogens is 316 g/mol. The van der Waals surface area contributed by atoms with Gasteiger partial charge in [-0.15, -0.1) is 11.3 Å². The third-order valence-electron chi connectivity index (χ3n) is 3.88. The predicted molar refractivity (Wildman–Crippen MR) is 85.9 cm³/mol. The zero-order chi connectivity index (χ0) is 16.6. The van der Waals surface area contributed by atoms with E-state index in [1.165, 1.54) is 0 Å². The van der Waals surface area contributed by atoms with Crippen LogP contribution < -0.4 is 10.6 Å². The smallest absolute Gasteiger partial charge is 0.322 e. The fraction of sp³-hybridized carbons (Fsp3) is 0.333. The number of amides is 4. The van der Waals surface area contributed by atoms with Crippen LogP contribution in [0.2, 0.25) is 0 Å². The van der Waals surface area contributed by atoms with E-state index >= 15 is 0 Å². The van der Waals surface area contributed by atoms with Crippen molar-refractivity contribution in [2.75, 3.05) is 7.05 Å². The van der Waals surface area contributed by atoms with Gasteiger partial charge in [0.25, 0.3) is 5.91 Å². The van der Waals surface area contributed by atoms with Gasteiger partial charge in [-0.3, -0.25) is 14.9 Å². The van der Waals surface area contributed by atoms with E-state index in [1.807, 2.05) is 31.2 Å². The van der Waals surface area contributed by atoms with Crippen LogP contribution >= 0.6 is 11.3 Å². The molecule has 4 amide bonds. The lowest BCUT2D eigenvalue weighted by molar-refractivity contribution is -0.134. The number of urea groups is 1. The van der Waals surface area contributed by atoms with E-state index < -0.39 is 18.0 Å². The number of fused-ring (bicyclic) bond motifs is 1. The van der Waals surface area contributed by atoms with Gasteiger partial charge in [0.05, 0.1) is 22.7 Å². The Labute approximate surface area is 136 Å². The standard InChI is InChI=1S/C15H16N4O3S/c1-8(14-16-9-5-3-4-6-11(9)23-14)19(2)12(20)7-10-13(21)18-15(22)17-10/h3-6,8,10H,7H2,1-2H3,(H2,17,18,21,22)/t8-,10+/m0/s1. The van der Waals surface area contributed by atoms with Crippen LogP contribution in [0.5, 0.6) is 0 Å². The highest BCUT2D eigenvalue weighted by molar-refractivity contribution is 7.18. The third-order valence-corrected chi connectivity index (χ3v) is 5.09. The molecule has 1 saturated heterocycles. The van der Waals surface area contributed by atoms with Gasteiger partial charge in [-0.05, 0) is 19.1 Å². The molecule has 120 valence electrons. The molecule has 2 N–H and O–H groups in total. The Morgan fingerprint density at radius 3 is 2.78 bits per heavy atom. The summed E-state index contributed by atoms with van der Waals surface area (Å²) in [5, 5.41) is 5.38. The summed E-state index contributed by atoms with van der Waals surface area (Å²) >= 11 is 1.54. The molecule has 3 rings (SSSR count). The van der Waals surface area contributed by atoms with Gasteiger partial charge in [-0.25, -0.2) is 9.78 Å². The first kappa shape index (κ1) is 15.4. The molecule has 23 heavy (non-hydrogen) atoms. The molecule has 8 heteroatoms. The SMILES string of the molecule is C[C@@H](c1nc2ccccc2s1)N(C)C(=O)C[C@H]1NC(=O)NC1=O. The van der Waals surface area contributed by atoms with Crippen LogP contribution in [0.15, 0.2) is 24.3 Å². The molecule has 0 spiro atoms. The first-order valence-electron chi connectivity index (χ1n) is 7.18. The summed E-state index contributed by atoms with van der Waals surface area (Å²) in [6.45, 7) is 1.89. The van der Waals surface area contributed by atoms with Crippen molar-refractivity contribution in [3.63, 3.8) is 0 Å². The maximum atomic E-state index is 12.4. The number of para-hydroxylation sites is 1. The zero-order valence-electron chi connectivity index (χ0n) is 12.7. The van der Waals surface area contributed by atoms with E-state index in [4.69, 9.17) is 0 Å². The molecule has 7 nitrogen and oxygen atoms in total. The number of rotatable bonds is 4. The normalized spacial score (nSPS) is 18.6. The van der Waals surface area contributed by atoms with Gasteiger partial charge in [0, 0.05) is 7.05 Å². The molecule has 0 radical (unpaired) electrons. The van der Waals surface area contributed by atoms with Gasteiger partial charge in [0.2, 0.25) is 5.91 Å². The molecule has 2 aromatic rings. The lowest BCUT2D eigenvalue weighted by Gasteiger charge is -2.24. The highest BCUT2D eigenvalue weighted by Gasteiger charge is 2.33. The monoisotopic (exact) mass is 332 g/mol. The minimum absolute atomic E-state index is 0.0662. The largest absolute Gasteiger partial charge is 0.336 e. The number of nitrogens with zero attached hydrogens (tertiary/aromatic N) is 2. The molecule has 1 fully saturated rings. The lowest BCUT2D eigenvalue weighted by Crippen LogP contribution is -2.38. The van der Waals surface area contributed by atoms with Gasteiger partial charge in [-0.1, -0.05) is 12.1 Å². The van der Waals surface area contributed by atoms with Crippen molar-refractivity contribution < 1.29 is 14.4 Å². The molecule has 1 aromatic heterocycles. The average Bonchev–Trinajstić information content (AvgIpc) is 3.08. The number of hydrogen-bond acceptors (Lipinski definition) is 5. The quantitative estimate of drug-likeness (QED) is 0.828. The van der Waals surface area contributed by atoms with Crippen LogP contribution in [-0.4, -0.2) is 40.8 Å². The first-order chi connectivity index (χ1) is 11.0. The molecule has 0 aliphatic carbocycles. The molecule has 1 aromatic carbocycles. The molecular formula is C15H16N4O3S. The summed E-state index contributed by atoms with van der Waals surface area (Å²) in [7, 11) is 1.67. The van der Waals surface area contributed by atoms with Gasteiger partial charge in [-0.2, -0.15) is 0 Å². The van der Waals surface area contributed by atoms with Gasteiger partial charge >= 0.3 is 6.03 Å². The topological polar surface area (TPSA) is 91.4 Å². The fourth-order valence-corrected chi connectivity index (χ4v) is 3.43. The summed E-state index contributed by atoms with van der Waals surface area (Å²) in [6.07, 6.45) is -0.0662. The molecule has 0 unspecified atom stereocenters. The van der Waals surface area contributed by atoms with Crippen LogP contribution in [0, 0.1) is 0 Å². The second kappa shape index (κ2) is 5.96. The van der Waals surface area contributed by atoms with Crippen molar-refractivity contribution in [2.45, 2.75) is 25.4 Å². The van der Waals surface area contributed by atoms with Crippen LogP contribution in [0.4, 0.5) is 4.79 Å². The number of aromatic nitrogens is 1. The van der Waals surface area contributed by atoms with Crippen LogP contribution in [0.25, 0.3) is 10.2 Å². The molecule has 0 saturated carbocycles. The van der Waals surface area contributed by atoms with Gasteiger partial charge < -0.3 is 10.2 Å². The Hall–Kier alpha value is -2.48. The lowest BCUT2D eigenvalue weighted by atomic mass is 10.1. The zero-order valence-corrected chi connectivity index (χ0v) is 13.5. The Morgan fingerprint density at radius 1 is 1.39 bits per heavy atom. The molecule has 1 aliphatic heterocycles. The van der Waals surface area contributed by atoms with Crippen molar-refractivity contribution in [3.8, 4) is 0 Å². The minimum Gasteiger partial charge on any atom is -0.336 e. The van der Waals surface area contributed by atoms with Crippen LogP contribution in [0.1, 0.15) is 24.4 Å².